The molecule has 2 aromatic carbocycles. The van der Waals surface area contributed by atoms with E-state index in [2.05, 4.69) is 20.0 Å². The van der Waals surface area contributed by atoms with Gasteiger partial charge in [-0.15, -0.1) is 0 Å². The van der Waals surface area contributed by atoms with Crippen molar-refractivity contribution in [1.29, 1.82) is 0 Å². The summed E-state index contributed by atoms with van der Waals surface area (Å²) in [5.74, 6) is -1.50. The first-order valence-corrected chi connectivity index (χ1v) is 8.29. The average molecular weight is 373 g/mol. The zero-order valence-electron chi connectivity index (χ0n) is 13.9. The predicted octanol–water partition coefficient (Wildman–Crippen LogP) is 4.04. The summed E-state index contributed by atoms with van der Waals surface area (Å²) in [6, 6.07) is 16.1. The minimum absolute atomic E-state index is 0.0890. The molecular weight excluding hydrogens is 359 g/mol. The Morgan fingerprint density at radius 3 is 2.41 bits per heavy atom. The van der Waals surface area contributed by atoms with E-state index < -0.39 is 12.1 Å². The lowest BCUT2D eigenvalue weighted by atomic mass is 10.1. The second-order valence-corrected chi connectivity index (χ2v) is 6.33. The van der Waals surface area contributed by atoms with Crippen molar-refractivity contribution in [1.82, 2.24) is 15.5 Å². The molecule has 1 N–H and O–H groups in total. The summed E-state index contributed by atoms with van der Waals surface area (Å²) in [5, 5.41) is 6.29. The molecule has 0 saturated heterocycles. The van der Waals surface area contributed by atoms with Gasteiger partial charge in [0.25, 0.3) is 5.91 Å². The Balaban J connectivity index is 1.41. The smallest absolute Gasteiger partial charge is 0.349 e. The van der Waals surface area contributed by atoms with E-state index in [-0.39, 0.29) is 17.8 Å². The molecule has 1 aromatic heterocycles. The van der Waals surface area contributed by atoms with Crippen LogP contribution in [0, 0.1) is 0 Å². The third kappa shape index (κ3) is 3.69. The molecule has 138 valence electrons. The molecule has 1 aliphatic carbocycles. The molecule has 0 radical (unpaired) electrons. The molecule has 3 aromatic rings. The van der Waals surface area contributed by atoms with Crippen molar-refractivity contribution in [2.75, 3.05) is 0 Å². The summed E-state index contributed by atoms with van der Waals surface area (Å²) < 4.78 is 41.8. The molecule has 1 aliphatic rings. The van der Waals surface area contributed by atoms with Gasteiger partial charge in [0.05, 0.1) is 0 Å². The van der Waals surface area contributed by atoms with Crippen molar-refractivity contribution in [3.63, 3.8) is 0 Å². The molecule has 4 rings (SSSR count). The van der Waals surface area contributed by atoms with Gasteiger partial charge in [0.1, 0.15) is 0 Å². The fraction of sp³-hybridized carbons (Fsp3) is 0.211. The first-order chi connectivity index (χ1) is 12.9. The number of halogens is 3. The molecule has 0 unspecified atom stereocenters. The number of nitrogens with zero attached hydrogens (tertiary/aromatic N) is 2. The van der Waals surface area contributed by atoms with E-state index in [1.165, 1.54) is 29.8 Å². The van der Waals surface area contributed by atoms with Crippen molar-refractivity contribution in [2.45, 2.75) is 24.6 Å². The van der Waals surface area contributed by atoms with Gasteiger partial charge in [-0.1, -0.05) is 47.6 Å². The van der Waals surface area contributed by atoms with Crippen LogP contribution in [0.1, 0.15) is 34.2 Å². The molecule has 8 heteroatoms. The van der Waals surface area contributed by atoms with Crippen molar-refractivity contribution in [2.24, 2.45) is 0 Å². The minimum atomic E-state index is -4.69. The van der Waals surface area contributed by atoms with E-state index in [1.807, 2.05) is 30.3 Å². The maximum atomic E-state index is 12.5. The van der Waals surface area contributed by atoms with E-state index in [0.717, 1.165) is 6.42 Å². The summed E-state index contributed by atoms with van der Waals surface area (Å²) in [7, 11) is 0. The van der Waals surface area contributed by atoms with Crippen molar-refractivity contribution >= 4 is 5.91 Å². The highest BCUT2D eigenvalue weighted by molar-refractivity contribution is 5.95. The fourth-order valence-electron chi connectivity index (χ4n) is 2.90. The normalized spacial score (nSPS) is 18.9. The average Bonchev–Trinajstić information content (AvgIpc) is 3.23. The van der Waals surface area contributed by atoms with Gasteiger partial charge < -0.3 is 9.84 Å². The first kappa shape index (κ1) is 17.3. The number of amides is 1. The highest BCUT2D eigenvalue weighted by atomic mass is 19.4. The summed E-state index contributed by atoms with van der Waals surface area (Å²) in [6.07, 6.45) is -3.80. The summed E-state index contributed by atoms with van der Waals surface area (Å²) >= 11 is 0. The molecule has 0 spiro atoms. The monoisotopic (exact) mass is 373 g/mol. The van der Waals surface area contributed by atoms with Gasteiger partial charge in [-0.05, 0) is 24.1 Å². The van der Waals surface area contributed by atoms with Crippen LogP contribution in [-0.4, -0.2) is 22.1 Å². The number of aromatic nitrogens is 2. The number of alkyl halides is 3. The Morgan fingerprint density at radius 1 is 1.07 bits per heavy atom. The summed E-state index contributed by atoms with van der Waals surface area (Å²) in [5.41, 5.74) is 1.94. The lowest BCUT2D eigenvalue weighted by molar-refractivity contribution is -0.159. The van der Waals surface area contributed by atoms with Crippen LogP contribution < -0.4 is 5.32 Å². The second kappa shape index (κ2) is 6.53. The van der Waals surface area contributed by atoms with Crippen LogP contribution in [0.25, 0.3) is 11.4 Å². The van der Waals surface area contributed by atoms with Gasteiger partial charge in [-0.2, -0.15) is 18.2 Å². The summed E-state index contributed by atoms with van der Waals surface area (Å²) in [4.78, 5) is 15.7. The third-order valence-corrected chi connectivity index (χ3v) is 4.41. The predicted molar refractivity (Wildman–Crippen MR) is 89.8 cm³/mol. The highest BCUT2D eigenvalue weighted by Gasteiger charge is 2.40. The van der Waals surface area contributed by atoms with Crippen LogP contribution in [0.4, 0.5) is 13.2 Å². The molecule has 27 heavy (non-hydrogen) atoms. The molecule has 1 amide bonds. The van der Waals surface area contributed by atoms with Gasteiger partial charge in [0, 0.05) is 23.1 Å². The van der Waals surface area contributed by atoms with E-state index in [0.29, 0.717) is 17.0 Å². The van der Waals surface area contributed by atoms with Crippen molar-refractivity contribution < 1.29 is 22.5 Å². The van der Waals surface area contributed by atoms with E-state index in [1.54, 1.807) is 0 Å². The Hall–Kier alpha value is -3.16. The molecule has 0 aliphatic heterocycles. The molecule has 1 heterocycles. The second-order valence-electron chi connectivity index (χ2n) is 6.33. The Bertz CT molecular complexity index is 952. The fourth-order valence-corrected chi connectivity index (χ4v) is 2.90. The molecule has 0 bridgehead atoms. The largest absolute Gasteiger partial charge is 0.471 e. The van der Waals surface area contributed by atoms with Crippen LogP contribution in [-0.2, 0) is 6.18 Å². The van der Waals surface area contributed by atoms with E-state index >= 15 is 0 Å². The van der Waals surface area contributed by atoms with Crippen molar-refractivity contribution in [3.8, 4) is 11.4 Å². The zero-order chi connectivity index (χ0) is 19.0. The number of hydrogen-bond acceptors (Lipinski definition) is 4. The lowest BCUT2D eigenvalue weighted by Gasteiger charge is -2.05. The van der Waals surface area contributed by atoms with Crippen LogP contribution in [0.2, 0.25) is 0 Å². The first-order valence-electron chi connectivity index (χ1n) is 8.29. The van der Waals surface area contributed by atoms with Gasteiger partial charge in [-0.25, -0.2) is 0 Å². The lowest BCUT2D eigenvalue weighted by Crippen LogP contribution is -2.26. The molecule has 5 nitrogen and oxygen atoms in total. The maximum absolute atomic E-state index is 12.5. The van der Waals surface area contributed by atoms with Gasteiger partial charge in [0.15, 0.2) is 0 Å². The number of rotatable bonds is 4. The standard InChI is InChI=1S/C19H14F3N3O2/c20-19(21,22)18-24-16(25-27-18)12-6-8-13(9-7-12)17(26)23-15-10-14(15)11-4-2-1-3-5-11/h1-9,14-15H,10H2,(H,23,26)/t14-,15+/m0/s1. The third-order valence-electron chi connectivity index (χ3n) is 4.41. The number of carbonyl (C=O) groups excluding carboxylic acids is 1. The van der Waals surface area contributed by atoms with E-state index in [4.69, 9.17) is 0 Å². The van der Waals surface area contributed by atoms with Crippen LogP contribution in [0.5, 0.6) is 0 Å². The SMILES string of the molecule is O=C(N[C@@H]1C[C@H]1c1ccccc1)c1ccc(-c2noc(C(F)(F)F)n2)cc1. The Labute approximate surface area is 152 Å². The maximum Gasteiger partial charge on any atom is 0.471 e. The quantitative estimate of drug-likeness (QED) is 0.749. The Kier molecular flexibility index (Phi) is 4.18. The molecule has 2 atom stereocenters. The molecule has 1 saturated carbocycles. The van der Waals surface area contributed by atoms with E-state index in [9.17, 15) is 18.0 Å². The highest BCUT2D eigenvalue weighted by Crippen LogP contribution is 2.40. The van der Waals surface area contributed by atoms with Gasteiger partial charge >= 0.3 is 12.1 Å². The Morgan fingerprint density at radius 2 is 1.78 bits per heavy atom. The minimum Gasteiger partial charge on any atom is -0.349 e. The number of benzene rings is 2. The van der Waals surface area contributed by atoms with Gasteiger partial charge in [-0.3, -0.25) is 4.79 Å². The van der Waals surface area contributed by atoms with Crippen LogP contribution in [0.15, 0.2) is 59.1 Å². The summed E-state index contributed by atoms with van der Waals surface area (Å²) in [6.45, 7) is 0. The molecule has 1 fully saturated rings. The van der Waals surface area contributed by atoms with Crippen LogP contribution in [0.3, 0.4) is 0 Å². The number of nitrogens with one attached hydrogen (secondary N) is 1. The van der Waals surface area contributed by atoms with Crippen LogP contribution >= 0.6 is 0 Å². The van der Waals surface area contributed by atoms with Gasteiger partial charge in [0.2, 0.25) is 5.82 Å². The topological polar surface area (TPSA) is 68.0 Å². The molecular formula is C19H14F3N3O2. The number of hydrogen-bond donors (Lipinski definition) is 1. The number of carbonyl (C=O) groups is 1. The zero-order valence-corrected chi connectivity index (χ0v) is 13.9. The van der Waals surface area contributed by atoms with Crippen molar-refractivity contribution in [3.05, 3.63) is 71.6 Å².